The molecule has 0 aliphatic carbocycles. The second-order valence-corrected chi connectivity index (χ2v) is 5.74. The van der Waals surface area contributed by atoms with Crippen molar-refractivity contribution < 1.29 is 4.39 Å². The van der Waals surface area contributed by atoms with Crippen molar-refractivity contribution in [2.45, 2.75) is 12.3 Å². The van der Waals surface area contributed by atoms with Crippen molar-refractivity contribution in [2.24, 2.45) is 5.73 Å². The quantitative estimate of drug-likeness (QED) is 0.909. The minimum absolute atomic E-state index is 0.129. The number of nitrogens with zero attached hydrogens (tertiary/aromatic N) is 1. The summed E-state index contributed by atoms with van der Waals surface area (Å²) in [4.78, 5) is 2.04. The van der Waals surface area contributed by atoms with Gasteiger partial charge in [-0.1, -0.05) is 29.8 Å². The summed E-state index contributed by atoms with van der Waals surface area (Å²) in [7, 11) is 3.99. The molecule has 1 atom stereocenters. The summed E-state index contributed by atoms with van der Waals surface area (Å²) in [5, 5.41) is 0.439. The molecule has 0 amide bonds. The first kappa shape index (κ1) is 15.8. The molecule has 4 heteroatoms. The zero-order valence-electron chi connectivity index (χ0n) is 12.3. The standard InChI is InChI=1S/C17H20ClFN2/c1-21(2)14-6-3-5-12(10-14)9-13(11-20)17-15(18)7-4-8-16(17)19/h3-8,10,13H,9,11,20H2,1-2H3. The second-order valence-electron chi connectivity index (χ2n) is 5.34. The van der Waals surface area contributed by atoms with Crippen molar-refractivity contribution in [3.05, 3.63) is 64.4 Å². The monoisotopic (exact) mass is 306 g/mol. The first-order valence-electron chi connectivity index (χ1n) is 6.93. The Morgan fingerprint density at radius 1 is 1.19 bits per heavy atom. The van der Waals surface area contributed by atoms with Crippen LogP contribution in [0.25, 0.3) is 0 Å². The summed E-state index contributed by atoms with van der Waals surface area (Å²) in [5.41, 5.74) is 8.60. The highest BCUT2D eigenvalue weighted by Crippen LogP contribution is 2.30. The number of hydrogen-bond acceptors (Lipinski definition) is 2. The highest BCUT2D eigenvalue weighted by molar-refractivity contribution is 6.31. The Balaban J connectivity index is 2.29. The lowest BCUT2D eigenvalue weighted by Gasteiger charge is -2.19. The normalized spacial score (nSPS) is 12.2. The van der Waals surface area contributed by atoms with Gasteiger partial charge >= 0.3 is 0 Å². The number of halogens is 2. The first-order chi connectivity index (χ1) is 10.0. The van der Waals surface area contributed by atoms with E-state index in [1.807, 2.05) is 37.2 Å². The van der Waals surface area contributed by atoms with Gasteiger partial charge in [-0.2, -0.15) is 0 Å². The summed E-state index contributed by atoms with van der Waals surface area (Å²) < 4.78 is 14.0. The third kappa shape index (κ3) is 3.74. The first-order valence-corrected chi connectivity index (χ1v) is 7.31. The Morgan fingerprint density at radius 3 is 2.52 bits per heavy atom. The molecule has 0 saturated heterocycles. The van der Waals surface area contributed by atoms with E-state index >= 15 is 0 Å². The van der Waals surface area contributed by atoms with Crippen molar-refractivity contribution in [1.29, 1.82) is 0 Å². The van der Waals surface area contributed by atoms with E-state index in [9.17, 15) is 4.39 Å². The Morgan fingerprint density at radius 2 is 1.90 bits per heavy atom. The molecule has 0 heterocycles. The topological polar surface area (TPSA) is 29.3 Å². The Bertz CT molecular complexity index is 593. The van der Waals surface area contributed by atoms with Gasteiger partial charge in [-0.05, 0) is 42.8 Å². The lowest BCUT2D eigenvalue weighted by molar-refractivity contribution is 0.576. The number of nitrogens with two attached hydrogens (primary N) is 1. The molecule has 112 valence electrons. The maximum atomic E-state index is 14.0. The van der Waals surface area contributed by atoms with E-state index in [2.05, 4.69) is 6.07 Å². The summed E-state index contributed by atoms with van der Waals surface area (Å²) in [6, 6.07) is 12.9. The zero-order valence-corrected chi connectivity index (χ0v) is 13.1. The predicted molar refractivity (Wildman–Crippen MR) is 87.7 cm³/mol. The summed E-state index contributed by atoms with van der Waals surface area (Å²) in [5.74, 6) is -0.419. The van der Waals surface area contributed by atoms with E-state index in [1.54, 1.807) is 12.1 Å². The molecule has 2 rings (SSSR count). The van der Waals surface area contributed by atoms with Gasteiger partial charge in [0.05, 0.1) is 0 Å². The summed E-state index contributed by atoms with van der Waals surface area (Å²) in [6.45, 7) is 0.354. The lowest BCUT2D eigenvalue weighted by Crippen LogP contribution is -2.17. The van der Waals surface area contributed by atoms with Gasteiger partial charge in [0.2, 0.25) is 0 Å². The summed E-state index contributed by atoms with van der Waals surface area (Å²) in [6.07, 6.45) is 0.666. The maximum absolute atomic E-state index is 14.0. The Hall–Kier alpha value is -1.58. The van der Waals surface area contributed by atoms with Crippen molar-refractivity contribution in [3.63, 3.8) is 0 Å². The minimum atomic E-state index is -0.290. The Labute approximate surface area is 130 Å². The van der Waals surface area contributed by atoms with Crippen LogP contribution < -0.4 is 10.6 Å². The average molecular weight is 307 g/mol. The van der Waals surface area contributed by atoms with Crippen LogP contribution in [0.3, 0.4) is 0 Å². The van der Waals surface area contributed by atoms with Crippen LogP contribution in [0.15, 0.2) is 42.5 Å². The number of benzene rings is 2. The van der Waals surface area contributed by atoms with Crippen LogP contribution in [0.1, 0.15) is 17.0 Å². The molecule has 2 aromatic carbocycles. The van der Waals surface area contributed by atoms with Gasteiger partial charge in [0, 0.05) is 36.3 Å². The fourth-order valence-corrected chi connectivity index (χ4v) is 2.77. The van der Waals surface area contributed by atoms with Crippen molar-refractivity contribution in [3.8, 4) is 0 Å². The van der Waals surface area contributed by atoms with Gasteiger partial charge in [0.25, 0.3) is 0 Å². The fourth-order valence-electron chi connectivity index (χ4n) is 2.45. The van der Waals surface area contributed by atoms with E-state index in [-0.39, 0.29) is 11.7 Å². The Kier molecular flexibility index (Phi) is 5.21. The molecule has 0 bridgehead atoms. The van der Waals surface area contributed by atoms with Crippen LogP contribution in [0.4, 0.5) is 10.1 Å². The molecule has 0 fully saturated rings. The highest BCUT2D eigenvalue weighted by Gasteiger charge is 2.18. The van der Waals surface area contributed by atoms with Crippen molar-refractivity contribution in [1.82, 2.24) is 0 Å². The number of rotatable bonds is 5. The maximum Gasteiger partial charge on any atom is 0.128 e. The molecule has 0 aliphatic rings. The SMILES string of the molecule is CN(C)c1cccc(CC(CN)c2c(F)cccc2Cl)c1. The van der Waals surface area contributed by atoms with Crippen LogP contribution in [-0.2, 0) is 6.42 Å². The van der Waals surface area contributed by atoms with Crippen LogP contribution >= 0.6 is 11.6 Å². The van der Waals surface area contributed by atoms with Crippen LogP contribution in [0.5, 0.6) is 0 Å². The van der Waals surface area contributed by atoms with E-state index < -0.39 is 0 Å². The fraction of sp³-hybridized carbons (Fsp3) is 0.294. The molecule has 0 spiro atoms. The smallest absolute Gasteiger partial charge is 0.128 e. The largest absolute Gasteiger partial charge is 0.378 e. The van der Waals surface area contributed by atoms with E-state index in [0.29, 0.717) is 23.6 Å². The van der Waals surface area contributed by atoms with Gasteiger partial charge in [0.1, 0.15) is 5.82 Å². The minimum Gasteiger partial charge on any atom is -0.378 e. The van der Waals surface area contributed by atoms with Crippen LogP contribution in [0.2, 0.25) is 5.02 Å². The molecule has 2 aromatic rings. The van der Waals surface area contributed by atoms with E-state index in [1.165, 1.54) is 6.07 Å². The van der Waals surface area contributed by atoms with Crippen LogP contribution in [0, 0.1) is 5.82 Å². The lowest BCUT2D eigenvalue weighted by atomic mass is 9.91. The van der Waals surface area contributed by atoms with Crippen LogP contribution in [-0.4, -0.2) is 20.6 Å². The molecule has 1 unspecified atom stereocenters. The molecule has 0 saturated carbocycles. The molecular weight excluding hydrogens is 287 g/mol. The zero-order chi connectivity index (χ0) is 15.4. The van der Waals surface area contributed by atoms with Gasteiger partial charge in [-0.25, -0.2) is 4.39 Å². The summed E-state index contributed by atoms with van der Waals surface area (Å²) >= 11 is 6.15. The second kappa shape index (κ2) is 6.92. The van der Waals surface area contributed by atoms with E-state index in [4.69, 9.17) is 17.3 Å². The molecule has 21 heavy (non-hydrogen) atoms. The van der Waals surface area contributed by atoms with Crippen molar-refractivity contribution >= 4 is 17.3 Å². The van der Waals surface area contributed by atoms with Crippen molar-refractivity contribution in [2.75, 3.05) is 25.5 Å². The third-order valence-corrected chi connectivity index (χ3v) is 3.93. The third-order valence-electron chi connectivity index (χ3n) is 3.60. The van der Waals surface area contributed by atoms with E-state index in [0.717, 1.165) is 11.3 Å². The van der Waals surface area contributed by atoms with Gasteiger partial charge < -0.3 is 10.6 Å². The molecular formula is C17H20ClFN2. The highest BCUT2D eigenvalue weighted by atomic mass is 35.5. The molecule has 0 radical (unpaired) electrons. The van der Waals surface area contributed by atoms with Gasteiger partial charge in [-0.3, -0.25) is 0 Å². The van der Waals surface area contributed by atoms with Gasteiger partial charge in [0.15, 0.2) is 0 Å². The molecule has 2 N–H and O–H groups in total. The molecule has 2 nitrogen and oxygen atoms in total. The molecule has 0 aliphatic heterocycles. The average Bonchev–Trinajstić information content (AvgIpc) is 2.46. The van der Waals surface area contributed by atoms with Gasteiger partial charge in [-0.15, -0.1) is 0 Å². The number of anilines is 1. The predicted octanol–water partition coefficient (Wildman–Crippen LogP) is 3.83. The number of hydrogen-bond donors (Lipinski definition) is 1. The molecule has 0 aromatic heterocycles.